The van der Waals surface area contributed by atoms with E-state index in [1.54, 1.807) is 7.05 Å². The zero-order chi connectivity index (χ0) is 18.3. The third kappa shape index (κ3) is 6.44. The number of aromatic nitrogens is 1. The number of hydrogen-bond donors (Lipinski definition) is 2. The van der Waals surface area contributed by atoms with Crippen LogP contribution in [-0.2, 0) is 12.7 Å². The van der Waals surface area contributed by atoms with Gasteiger partial charge >= 0.3 is 6.18 Å². The van der Waals surface area contributed by atoms with Gasteiger partial charge < -0.3 is 15.5 Å². The first kappa shape index (κ1) is 19.9. The molecule has 1 aliphatic rings. The van der Waals surface area contributed by atoms with Crippen LogP contribution in [0.2, 0.25) is 0 Å². The number of thiazole rings is 1. The molecule has 2 N–H and O–H groups in total. The molecule has 25 heavy (non-hydrogen) atoms. The number of hydrogen-bond acceptors (Lipinski definition) is 5. The largest absolute Gasteiger partial charge is 0.434 e. The molecule has 1 aromatic heterocycles. The van der Waals surface area contributed by atoms with E-state index in [2.05, 4.69) is 37.3 Å². The smallest absolute Gasteiger partial charge is 0.355 e. The van der Waals surface area contributed by atoms with Gasteiger partial charge in [-0.2, -0.15) is 13.2 Å². The number of halogens is 3. The summed E-state index contributed by atoms with van der Waals surface area (Å²) < 4.78 is 37.6. The van der Waals surface area contributed by atoms with Gasteiger partial charge in [-0.25, -0.2) is 4.98 Å². The highest BCUT2D eigenvalue weighted by atomic mass is 32.1. The van der Waals surface area contributed by atoms with E-state index in [9.17, 15) is 13.2 Å². The fraction of sp³-hybridized carbons (Fsp3) is 0.733. The number of piperazine rings is 1. The predicted octanol–water partition coefficient (Wildman–Crippen LogP) is 1.46. The van der Waals surface area contributed by atoms with Crippen molar-refractivity contribution in [3.63, 3.8) is 0 Å². The van der Waals surface area contributed by atoms with Crippen LogP contribution < -0.4 is 10.6 Å². The standard InChI is InChI=1S/C15H25F3N6S/c1-3-23-6-8-24(9-7-23)5-4-20-14(19-2)21-10-13-22-12(11-25-13)15(16,17)18/h11H,3-10H2,1-2H3,(H2,19,20,21). The van der Waals surface area contributed by atoms with E-state index in [1.165, 1.54) is 0 Å². The number of nitrogens with one attached hydrogen (secondary N) is 2. The summed E-state index contributed by atoms with van der Waals surface area (Å²) in [5.41, 5.74) is -0.844. The molecule has 0 saturated carbocycles. The Morgan fingerprint density at radius 1 is 1.24 bits per heavy atom. The van der Waals surface area contributed by atoms with Crippen LogP contribution in [0.15, 0.2) is 10.4 Å². The van der Waals surface area contributed by atoms with E-state index in [-0.39, 0.29) is 6.54 Å². The zero-order valence-electron chi connectivity index (χ0n) is 14.6. The Labute approximate surface area is 150 Å². The molecule has 0 aliphatic carbocycles. The molecule has 0 atom stereocenters. The van der Waals surface area contributed by atoms with E-state index in [0.717, 1.165) is 62.5 Å². The number of rotatable bonds is 6. The summed E-state index contributed by atoms with van der Waals surface area (Å²) in [6.07, 6.45) is -4.39. The van der Waals surface area contributed by atoms with E-state index in [1.807, 2.05) is 0 Å². The SMILES string of the molecule is CCN1CCN(CCNC(=NC)NCc2nc(C(F)(F)F)cs2)CC1. The number of aliphatic imine (C=N–C) groups is 1. The minimum Gasteiger partial charge on any atom is -0.355 e. The van der Waals surface area contributed by atoms with Gasteiger partial charge in [0.2, 0.25) is 0 Å². The number of nitrogens with zero attached hydrogens (tertiary/aromatic N) is 4. The van der Waals surface area contributed by atoms with Gasteiger partial charge in [-0.05, 0) is 6.54 Å². The maximum atomic E-state index is 12.5. The molecular weight excluding hydrogens is 353 g/mol. The Kier molecular flexibility index (Phi) is 7.45. The van der Waals surface area contributed by atoms with Crippen LogP contribution in [0.5, 0.6) is 0 Å². The van der Waals surface area contributed by atoms with E-state index in [0.29, 0.717) is 11.0 Å². The Hall–Kier alpha value is -1.39. The van der Waals surface area contributed by atoms with E-state index in [4.69, 9.17) is 0 Å². The van der Waals surface area contributed by atoms with Crippen molar-refractivity contribution >= 4 is 17.3 Å². The van der Waals surface area contributed by atoms with Gasteiger partial charge in [0.25, 0.3) is 0 Å². The highest BCUT2D eigenvalue weighted by molar-refractivity contribution is 7.09. The van der Waals surface area contributed by atoms with Crippen molar-refractivity contribution in [1.29, 1.82) is 0 Å². The molecule has 1 aromatic rings. The molecule has 1 aliphatic heterocycles. The molecule has 0 radical (unpaired) electrons. The second kappa shape index (κ2) is 9.35. The normalized spacial score (nSPS) is 17.7. The lowest BCUT2D eigenvalue weighted by Gasteiger charge is -2.34. The minimum atomic E-state index is -4.39. The van der Waals surface area contributed by atoms with Crippen LogP contribution in [0, 0.1) is 0 Å². The molecule has 0 unspecified atom stereocenters. The minimum absolute atomic E-state index is 0.218. The summed E-state index contributed by atoms with van der Waals surface area (Å²) in [4.78, 5) is 12.5. The zero-order valence-corrected chi connectivity index (χ0v) is 15.4. The Bertz CT molecular complexity index is 552. The maximum absolute atomic E-state index is 12.5. The molecule has 2 rings (SSSR count). The van der Waals surface area contributed by atoms with Crippen LogP contribution in [0.3, 0.4) is 0 Å². The molecular formula is C15H25F3N6S. The van der Waals surface area contributed by atoms with Gasteiger partial charge in [0.1, 0.15) is 5.01 Å². The fourth-order valence-electron chi connectivity index (χ4n) is 2.56. The molecule has 0 bridgehead atoms. The molecule has 6 nitrogen and oxygen atoms in total. The highest BCUT2D eigenvalue weighted by Crippen LogP contribution is 2.29. The average molecular weight is 378 g/mol. The lowest BCUT2D eigenvalue weighted by Crippen LogP contribution is -2.49. The average Bonchev–Trinajstić information content (AvgIpc) is 3.08. The highest BCUT2D eigenvalue weighted by Gasteiger charge is 2.33. The van der Waals surface area contributed by atoms with E-state index < -0.39 is 11.9 Å². The third-order valence-electron chi connectivity index (χ3n) is 4.11. The summed E-state index contributed by atoms with van der Waals surface area (Å²) in [5, 5.41) is 7.60. The summed E-state index contributed by atoms with van der Waals surface area (Å²) in [7, 11) is 1.64. The lowest BCUT2D eigenvalue weighted by atomic mass is 10.3. The molecule has 1 saturated heterocycles. The van der Waals surface area contributed by atoms with Crippen LogP contribution in [0.4, 0.5) is 13.2 Å². The summed E-state index contributed by atoms with van der Waals surface area (Å²) in [6.45, 7) is 9.43. The Balaban J connectivity index is 1.68. The van der Waals surface area contributed by atoms with Crippen LogP contribution in [0.1, 0.15) is 17.6 Å². The first-order valence-corrected chi connectivity index (χ1v) is 9.21. The molecule has 0 spiro atoms. The van der Waals surface area contributed by atoms with Gasteiger partial charge in [0, 0.05) is 51.7 Å². The van der Waals surface area contributed by atoms with Crippen molar-refractivity contribution in [2.45, 2.75) is 19.6 Å². The summed E-state index contributed by atoms with van der Waals surface area (Å²) in [6, 6.07) is 0. The van der Waals surface area contributed by atoms with Crippen molar-refractivity contribution in [3.05, 3.63) is 16.1 Å². The van der Waals surface area contributed by atoms with Crippen molar-refractivity contribution in [2.24, 2.45) is 4.99 Å². The Morgan fingerprint density at radius 2 is 1.92 bits per heavy atom. The monoisotopic (exact) mass is 378 g/mol. The van der Waals surface area contributed by atoms with Gasteiger partial charge in [-0.1, -0.05) is 6.92 Å². The number of guanidine groups is 1. The second-order valence-corrected chi connectivity index (χ2v) is 6.70. The molecule has 0 amide bonds. The molecule has 0 aromatic carbocycles. The molecule has 10 heteroatoms. The first-order chi connectivity index (χ1) is 11.9. The number of likely N-dealkylation sites (N-methyl/N-ethyl adjacent to an activating group) is 1. The van der Waals surface area contributed by atoms with Crippen LogP contribution in [0.25, 0.3) is 0 Å². The van der Waals surface area contributed by atoms with E-state index >= 15 is 0 Å². The molecule has 2 heterocycles. The predicted molar refractivity (Wildman–Crippen MR) is 93.9 cm³/mol. The van der Waals surface area contributed by atoms with Crippen molar-refractivity contribution in [1.82, 2.24) is 25.4 Å². The maximum Gasteiger partial charge on any atom is 0.434 e. The lowest BCUT2D eigenvalue weighted by molar-refractivity contribution is -0.140. The second-order valence-electron chi connectivity index (χ2n) is 5.75. The van der Waals surface area contributed by atoms with Crippen LogP contribution >= 0.6 is 11.3 Å². The van der Waals surface area contributed by atoms with Gasteiger partial charge in [0.15, 0.2) is 11.7 Å². The summed E-state index contributed by atoms with van der Waals surface area (Å²) >= 11 is 0.988. The van der Waals surface area contributed by atoms with Crippen molar-refractivity contribution in [3.8, 4) is 0 Å². The van der Waals surface area contributed by atoms with Gasteiger partial charge in [0.05, 0.1) is 6.54 Å². The molecule has 1 fully saturated rings. The topological polar surface area (TPSA) is 55.8 Å². The quantitative estimate of drug-likeness (QED) is 0.580. The van der Waals surface area contributed by atoms with Crippen molar-refractivity contribution < 1.29 is 13.2 Å². The van der Waals surface area contributed by atoms with Crippen LogP contribution in [-0.4, -0.2) is 73.6 Å². The fourth-order valence-corrected chi connectivity index (χ4v) is 3.30. The summed E-state index contributed by atoms with van der Waals surface area (Å²) in [5.74, 6) is 0.566. The molecule has 142 valence electrons. The first-order valence-electron chi connectivity index (χ1n) is 8.33. The van der Waals surface area contributed by atoms with Gasteiger partial charge in [-0.15, -0.1) is 11.3 Å². The van der Waals surface area contributed by atoms with Gasteiger partial charge in [-0.3, -0.25) is 9.89 Å². The number of alkyl halides is 3. The Morgan fingerprint density at radius 3 is 2.48 bits per heavy atom. The third-order valence-corrected chi connectivity index (χ3v) is 4.95. The van der Waals surface area contributed by atoms with Crippen molar-refractivity contribution in [2.75, 3.05) is 52.9 Å².